The van der Waals surface area contributed by atoms with Crippen LogP contribution in [-0.2, 0) is 13.0 Å². The Morgan fingerprint density at radius 3 is 2.62 bits per heavy atom. The highest BCUT2D eigenvalue weighted by molar-refractivity contribution is 7.71. The number of aromatic nitrogens is 3. The summed E-state index contributed by atoms with van der Waals surface area (Å²) in [4.78, 5) is 2.44. The van der Waals surface area contributed by atoms with Crippen LogP contribution in [0.15, 0.2) is 24.3 Å². The summed E-state index contributed by atoms with van der Waals surface area (Å²) in [5.41, 5.74) is 5.89. The van der Waals surface area contributed by atoms with Gasteiger partial charge in [-0.15, -0.1) is 0 Å². The maximum atomic E-state index is 5.22. The van der Waals surface area contributed by atoms with Crippen molar-refractivity contribution in [3.05, 3.63) is 40.4 Å². The summed E-state index contributed by atoms with van der Waals surface area (Å²) in [6.45, 7) is 5.17. The van der Waals surface area contributed by atoms with Gasteiger partial charge in [0.25, 0.3) is 0 Å². The second-order valence-corrected chi connectivity index (χ2v) is 5.72. The standard InChI is InChI=1S/C15H21N5S/c1-2-14-17-18-15(21)20(14)16-11-12-5-7-13(8-6-12)19-9-3-4-10-19/h5-8,16H,2-4,9-11H2,1H3,(H,18,21). The van der Waals surface area contributed by atoms with Crippen molar-refractivity contribution in [2.45, 2.75) is 32.7 Å². The van der Waals surface area contributed by atoms with Crippen molar-refractivity contribution in [3.63, 3.8) is 0 Å². The van der Waals surface area contributed by atoms with Gasteiger partial charge in [-0.2, -0.15) is 5.10 Å². The normalized spacial score (nSPS) is 14.6. The van der Waals surface area contributed by atoms with Gasteiger partial charge in [-0.05, 0) is 42.8 Å². The Morgan fingerprint density at radius 1 is 1.24 bits per heavy atom. The molecule has 2 aromatic rings. The second kappa shape index (κ2) is 6.30. The smallest absolute Gasteiger partial charge is 0.214 e. The Morgan fingerprint density at radius 2 is 1.95 bits per heavy atom. The zero-order valence-electron chi connectivity index (χ0n) is 12.3. The molecule has 0 unspecified atom stereocenters. The van der Waals surface area contributed by atoms with Crippen LogP contribution in [0.25, 0.3) is 0 Å². The molecular formula is C15H21N5S. The summed E-state index contributed by atoms with van der Waals surface area (Å²) < 4.78 is 2.46. The molecule has 0 aliphatic carbocycles. The van der Waals surface area contributed by atoms with Crippen molar-refractivity contribution in [1.82, 2.24) is 14.9 Å². The van der Waals surface area contributed by atoms with Gasteiger partial charge in [0.2, 0.25) is 4.77 Å². The molecule has 0 atom stereocenters. The number of benzene rings is 1. The lowest BCUT2D eigenvalue weighted by atomic mass is 10.2. The van der Waals surface area contributed by atoms with Crippen LogP contribution in [0, 0.1) is 4.77 Å². The number of aromatic amines is 1. The minimum absolute atomic E-state index is 0.612. The third-order valence-corrected chi connectivity index (χ3v) is 4.18. The van der Waals surface area contributed by atoms with Gasteiger partial charge in [0, 0.05) is 25.2 Å². The summed E-state index contributed by atoms with van der Waals surface area (Å²) >= 11 is 5.22. The van der Waals surface area contributed by atoms with E-state index in [0.29, 0.717) is 4.77 Å². The third kappa shape index (κ3) is 3.10. The fraction of sp³-hybridized carbons (Fsp3) is 0.467. The van der Waals surface area contributed by atoms with E-state index in [2.05, 4.69) is 51.7 Å². The molecule has 2 heterocycles. The molecule has 0 spiro atoms. The monoisotopic (exact) mass is 303 g/mol. The van der Waals surface area contributed by atoms with Crippen LogP contribution in [-0.4, -0.2) is 28.0 Å². The number of hydrogen-bond donors (Lipinski definition) is 2. The molecule has 0 amide bonds. The summed E-state index contributed by atoms with van der Waals surface area (Å²) in [5, 5.41) is 7.01. The fourth-order valence-corrected chi connectivity index (χ4v) is 2.92. The van der Waals surface area contributed by atoms with Gasteiger partial charge in [-0.1, -0.05) is 19.1 Å². The first-order valence-electron chi connectivity index (χ1n) is 7.52. The van der Waals surface area contributed by atoms with Gasteiger partial charge in [-0.3, -0.25) is 5.10 Å². The first-order valence-corrected chi connectivity index (χ1v) is 7.93. The molecule has 1 fully saturated rings. The first kappa shape index (κ1) is 14.1. The highest BCUT2D eigenvalue weighted by Crippen LogP contribution is 2.20. The molecule has 6 heteroatoms. The highest BCUT2D eigenvalue weighted by Gasteiger charge is 2.11. The quantitative estimate of drug-likeness (QED) is 0.834. The van der Waals surface area contributed by atoms with Gasteiger partial charge < -0.3 is 10.3 Å². The minimum Gasteiger partial charge on any atom is -0.372 e. The number of anilines is 1. The van der Waals surface area contributed by atoms with E-state index in [9.17, 15) is 0 Å². The van der Waals surface area contributed by atoms with Crippen LogP contribution in [0.5, 0.6) is 0 Å². The predicted molar refractivity (Wildman–Crippen MR) is 87.7 cm³/mol. The van der Waals surface area contributed by atoms with Gasteiger partial charge in [0.15, 0.2) is 5.82 Å². The van der Waals surface area contributed by atoms with E-state index < -0.39 is 0 Å². The average molecular weight is 303 g/mol. The highest BCUT2D eigenvalue weighted by atomic mass is 32.1. The van der Waals surface area contributed by atoms with Crippen LogP contribution in [0.2, 0.25) is 0 Å². The van der Waals surface area contributed by atoms with E-state index in [0.717, 1.165) is 18.8 Å². The van der Waals surface area contributed by atoms with E-state index in [1.807, 2.05) is 4.68 Å². The summed E-state index contributed by atoms with van der Waals surface area (Å²) in [7, 11) is 0. The molecule has 1 aliphatic heterocycles. The topological polar surface area (TPSA) is 48.9 Å². The van der Waals surface area contributed by atoms with Crippen molar-refractivity contribution in [1.29, 1.82) is 0 Å². The van der Waals surface area contributed by atoms with Crippen LogP contribution in [0.3, 0.4) is 0 Å². The molecule has 1 aromatic carbocycles. The number of hydrogen-bond acceptors (Lipinski definition) is 4. The van der Waals surface area contributed by atoms with Crippen molar-refractivity contribution in [2.24, 2.45) is 0 Å². The number of nitrogens with one attached hydrogen (secondary N) is 2. The van der Waals surface area contributed by atoms with Crippen LogP contribution in [0.1, 0.15) is 31.2 Å². The van der Waals surface area contributed by atoms with Crippen molar-refractivity contribution in [3.8, 4) is 0 Å². The lowest BCUT2D eigenvalue weighted by molar-refractivity contribution is 0.763. The zero-order valence-corrected chi connectivity index (χ0v) is 13.1. The molecule has 0 saturated carbocycles. The number of rotatable bonds is 5. The molecule has 1 saturated heterocycles. The third-order valence-electron chi connectivity index (χ3n) is 3.91. The molecule has 2 N–H and O–H groups in total. The van der Waals surface area contributed by atoms with Gasteiger partial charge >= 0.3 is 0 Å². The Balaban J connectivity index is 1.65. The Labute approximate surface area is 130 Å². The Hall–Kier alpha value is -1.82. The predicted octanol–water partition coefficient (Wildman–Crippen LogP) is 2.85. The van der Waals surface area contributed by atoms with Gasteiger partial charge in [0.05, 0.1) is 6.54 Å². The van der Waals surface area contributed by atoms with Crippen molar-refractivity contribution >= 4 is 17.9 Å². The summed E-state index contributed by atoms with van der Waals surface area (Å²) in [6.07, 6.45) is 3.46. The summed E-state index contributed by atoms with van der Waals surface area (Å²) in [5.74, 6) is 0.925. The number of H-pyrrole nitrogens is 1. The fourth-order valence-electron chi connectivity index (χ4n) is 2.70. The van der Waals surface area contributed by atoms with Crippen LogP contribution < -0.4 is 10.3 Å². The molecule has 1 aliphatic rings. The molecule has 0 radical (unpaired) electrons. The molecule has 21 heavy (non-hydrogen) atoms. The van der Waals surface area contributed by atoms with E-state index in [-0.39, 0.29) is 0 Å². The molecule has 1 aromatic heterocycles. The molecule has 0 bridgehead atoms. The molecule has 5 nitrogen and oxygen atoms in total. The maximum absolute atomic E-state index is 5.22. The molecule has 3 rings (SSSR count). The summed E-state index contributed by atoms with van der Waals surface area (Å²) in [6, 6.07) is 8.77. The number of aryl methyl sites for hydroxylation is 1. The van der Waals surface area contributed by atoms with E-state index in [4.69, 9.17) is 12.2 Å². The Bertz CT molecular complexity index is 637. The Kier molecular flexibility index (Phi) is 4.24. The van der Waals surface area contributed by atoms with Gasteiger partial charge in [-0.25, -0.2) is 4.68 Å². The average Bonchev–Trinajstić information content (AvgIpc) is 3.15. The first-order chi connectivity index (χ1) is 10.3. The number of nitrogens with zero attached hydrogens (tertiary/aromatic N) is 3. The van der Waals surface area contributed by atoms with Gasteiger partial charge in [0.1, 0.15) is 0 Å². The second-order valence-electron chi connectivity index (χ2n) is 5.33. The van der Waals surface area contributed by atoms with E-state index in [1.165, 1.54) is 37.2 Å². The minimum atomic E-state index is 0.612. The van der Waals surface area contributed by atoms with Crippen LogP contribution in [0.4, 0.5) is 5.69 Å². The SMILES string of the molecule is CCc1n[nH]c(=S)n1NCc1ccc(N2CCCC2)cc1. The lowest BCUT2D eigenvalue weighted by Gasteiger charge is -2.18. The molecule has 112 valence electrons. The largest absolute Gasteiger partial charge is 0.372 e. The van der Waals surface area contributed by atoms with Crippen molar-refractivity contribution < 1.29 is 0 Å². The van der Waals surface area contributed by atoms with Crippen molar-refractivity contribution in [2.75, 3.05) is 23.4 Å². The molecular weight excluding hydrogens is 282 g/mol. The zero-order chi connectivity index (χ0) is 14.7. The van der Waals surface area contributed by atoms with E-state index >= 15 is 0 Å². The maximum Gasteiger partial charge on any atom is 0.214 e. The van der Waals surface area contributed by atoms with Crippen LogP contribution >= 0.6 is 12.2 Å². The van der Waals surface area contributed by atoms with E-state index in [1.54, 1.807) is 0 Å². The lowest BCUT2D eigenvalue weighted by Crippen LogP contribution is -2.18.